The zero-order valence-electron chi connectivity index (χ0n) is 14.8. The third-order valence-electron chi connectivity index (χ3n) is 3.71. The second-order valence-corrected chi connectivity index (χ2v) is 5.27. The van der Waals surface area contributed by atoms with E-state index < -0.39 is 6.10 Å². The molecule has 1 amide bonds. The number of ether oxygens (including phenoxy) is 3. The molecule has 0 unspecified atom stereocenters. The molecule has 0 fully saturated rings. The number of hydrogen-bond donors (Lipinski definition) is 1. The number of rotatable bonds is 7. The molecule has 2 aromatic carbocycles. The van der Waals surface area contributed by atoms with Crippen LogP contribution < -0.4 is 14.9 Å². The molecule has 132 valence electrons. The van der Waals surface area contributed by atoms with Crippen molar-refractivity contribution in [3.05, 3.63) is 59.7 Å². The molecule has 1 atom stereocenters. The normalized spacial score (nSPS) is 12.4. The van der Waals surface area contributed by atoms with Gasteiger partial charge in [0.25, 0.3) is 5.91 Å². The summed E-state index contributed by atoms with van der Waals surface area (Å²) in [6, 6.07) is 14.7. The first-order valence-electron chi connectivity index (χ1n) is 7.75. The van der Waals surface area contributed by atoms with Crippen molar-refractivity contribution < 1.29 is 19.0 Å². The Hall–Kier alpha value is -2.86. The van der Waals surface area contributed by atoms with E-state index >= 15 is 0 Å². The minimum Gasteiger partial charge on any atom is -0.493 e. The zero-order chi connectivity index (χ0) is 18.2. The molecule has 25 heavy (non-hydrogen) atoms. The van der Waals surface area contributed by atoms with Crippen LogP contribution in [0, 0.1) is 0 Å². The Morgan fingerprint density at radius 1 is 1.00 bits per heavy atom. The summed E-state index contributed by atoms with van der Waals surface area (Å²) in [5.74, 6) is 0.889. The Kier molecular flexibility index (Phi) is 6.54. The van der Waals surface area contributed by atoms with Crippen LogP contribution >= 0.6 is 0 Å². The lowest BCUT2D eigenvalue weighted by atomic mass is 10.1. The molecule has 0 saturated carbocycles. The third kappa shape index (κ3) is 4.58. The smallest absolute Gasteiger partial charge is 0.273 e. The van der Waals surface area contributed by atoms with Gasteiger partial charge in [0.05, 0.1) is 19.9 Å². The molecule has 0 aliphatic carbocycles. The Bertz CT molecular complexity index is 744. The van der Waals surface area contributed by atoms with Crippen LogP contribution in [-0.4, -0.2) is 32.9 Å². The van der Waals surface area contributed by atoms with Gasteiger partial charge in [-0.15, -0.1) is 0 Å². The number of nitrogens with one attached hydrogen (secondary N) is 1. The van der Waals surface area contributed by atoms with Crippen molar-refractivity contribution in [2.45, 2.75) is 13.0 Å². The average Bonchev–Trinajstić information content (AvgIpc) is 2.66. The zero-order valence-corrected chi connectivity index (χ0v) is 14.8. The van der Waals surface area contributed by atoms with Crippen LogP contribution in [0.2, 0.25) is 0 Å². The molecule has 6 heteroatoms. The Labute approximate surface area is 147 Å². The summed E-state index contributed by atoms with van der Waals surface area (Å²) in [4.78, 5) is 12.3. The fraction of sp³-hybridized carbons (Fsp3) is 0.263. The summed E-state index contributed by atoms with van der Waals surface area (Å²) in [5.41, 5.74) is 4.76. The summed E-state index contributed by atoms with van der Waals surface area (Å²) in [6.07, 6.45) is -0.719. The van der Waals surface area contributed by atoms with Gasteiger partial charge in [0.15, 0.2) is 17.6 Å². The van der Waals surface area contributed by atoms with Crippen LogP contribution in [0.3, 0.4) is 0 Å². The number of hydrogen-bond acceptors (Lipinski definition) is 5. The van der Waals surface area contributed by atoms with Gasteiger partial charge in [-0.2, -0.15) is 5.10 Å². The van der Waals surface area contributed by atoms with Gasteiger partial charge in [0, 0.05) is 12.7 Å². The van der Waals surface area contributed by atoms with E-state index in [0.717, 1.165) is 11.1 Å². The lowest BCUT2D eigenvalue weighted by molar-refractivity contribution is -0.131. The first-order chi connectivity index (χ1) is 12.1. The molecule has 6 nitrogen and oxygen atoms in total. The number of nitrogens with zero attached hydrogens (tertiary/aromatic N) is 1. The van der Waals surface area contributed by atoms with Crippen molar-refractivity contribution in [2.75, 3.05) is 21.3 Å². The van der Waals surface area contributed by atoms with Crippen molar-refractivity contribution in [1.82, 2.24) is 5.43 Å². The SMILES string of the molecule is COc1ccc(/C(C)=N\NC(=O)[C@@H](OC)c2ccccc2)cc1OC. The summed E-state index contributed by atoms with van der Waals surface area (Å²) in [7, 11) is 4.63. The van der Waals surface area contributed by atoms with Gasteiger partial charge >= 0.3 is 0 Å². The minimum atomic E-state index is -0.719. The molecule has 0 saturated heterocycles. The van der Waals surface area contributed by atoms with Crippen molar-refractivity contribution in [2.24, 2.45) is 5.10 Å². The van der Waals surface area contributed by atoms with Gasteiger partial charge in [0.2, 0.25) is 0 Å². The van der Waals surface area contributed by atoms with E-state index in [1.54, 1.807) is 33.3 Å². The fourth-order valence-corrected chi connectivity index (χ4v) is 2.35. The highest BCUT2D eigenvalue weighted by Gasteiger charge is 2.19. The number of methoxy groups -OCH3 is 3. The van der Waals surface area contributed by atoms with E-state index in [9.17, 15) is 4.79 Å². The van der Waals surface area contributed by atoms with Crippen LogP contribution in [0.5, 0.6) is 11.5 Å². The van der Waals surface area contributed by atoms with Gasteiger partial charge in [-0.25, -0.2) is 5.43 Å². The van der Waals surface area contributed by atoms with E-state index in [4.69, 9.17) is 14.2 Å². The molecule has 2 rings (SSSR count). The molecule has 0 spiro atoms. The van der Waals surface area contributed by atoms with Crippen LogP contribution in [-0.2, 0) is 9.53 Å². The number of carbonyl (C=O) groups excluding carboxylic acids is 1. The number of hydrazone groups is 1. The highest BCUT2D eigenvalue weighted by Crippen LogP contribution is 2.27. The topological polar surface area (TPSA) is 69.2 Å². The molecular formula is C19H22N2O4. The van der Waals surface area contributed by atoms with Crippen molar-refractivity contribution in [3.63, 3.8) is 0 Å². The maximum Gasteiger partial charge on any atom is 0.273 e. The summed E-state index contributed by atoms with van der Waals surface area (Å²) < 4.78 is 15.8. The van der Waals surface area contributed by atoms with Crippen molar-refractivity contribution in [1.29, 1.82) is 0 Å². The molecule has 2 aromatic rings. The van der Waals surface area contributed by atoms with E-state index in [-0.39, 0.29) is 5.91 Å². The van der Waals surface area contributed by atoms with E-state index in [1.807, 2.05) is 36.4 Å². The molecule has 0 aliphatic rings. The first-order valence-corrected chi connectivity index (χ1v) is 7.75. The Balaban J connectivity index is 2.13. The predicted octanol–water partition coefficient (Wildman–Crippen LogP) is 2.93. The standard InChI is InChI=1S/C19H22N2O4/c1-13(15-10-11-16(23-2)17(12-15)24-3)20-21-19(22)18(25-4)14-8-6-5-7-9-14/h5-12,18H,1-4H3,(H,21,22)/b20-13-/t18-/m0/s1. The largest absolute Gasteiger partial charge is 0.493 e. The molecule has 0 aromatic heterocycles. The quantitative estimate of drug-likeness (QED) is 0.620. The fourth-order valence-electron chi connectivity index (χ4n) is 2.35. The van der Waals surface area contributed by atoms with Gasteiger partial charge in [0.1, 0.15) is 0 Å². The second kappa shape index (κ2) is 8.84. The maximum atomic E-state index is 12.3. The summed E-state index contributed by atoms with van der Waals surface area (Å²) in [6.45, 7) is 1.80. The van der Waals surface area contributed by atoms with E-state index in [2.05, 4.69) is 10.5 Å². The lowest BCUT2D eigenvalue weighted by Gasteiger charge is -2.14. The van der Waals surface area contributed by atoms with Gasteiger partial charge < -0.3 is 14.2 Å². The van der Waals surface area contributed by atoms with Crippen LogP contribution in [0.1, 0.15) is 24.2 Å². The molecular weight excluding hydrogens is 320 g/mol. The van der Waals surface area contributed by atoms with Crippen LogP contribution in [0.4, 0.5) is 0 Å². The summed E-state index contributed by atoms with van der Waals surface area (Å²) >= 11 is 0. The summed E-state index contributed by atoms with van der Waals surface area (Å²) in [5, 5.41) is 4.16. The van der Waals surface area contributed by atoms with Gasteiger partial charge in [-0.1, -0.05) is 30.3 Å². The van der Waals surface area contributed by atoms with Crippen LogP contribution in [0.15, 0.2) is 53.6 Å². The molecule has 0 heterocycles. The molecule has 0 radical (unpaired) electrons. The highest BCUT2D eigenvalue weighted by atomic mass is 16.5. The third-order valence-corrected chi connectivity index (χ3v) is 3.71. The molecule has 0 bridgehead atoms. The lowest BCUT2D eigenvalue weighted by Crippen LogP contribution is -2.27. The number of carbonyl (C=O) groups is 1. The van der Waals surface area contributed by atoms with Crippen molar-refractivity contribution in [3.8, 4) is 11.5 Å². The van der Waals surface area contributed by atoms with Gasteiger partial charge in [-0.3, -0.25) is 4.79 Å². The monoisotopic (exact) mass is 342 g/mol. The predicted molar refractivity (Wildman–Crippen MR) is 96.1 cm³/mol. The Morgan fingerprint density at radius 3 is 2.28 bits per heavy atom. The average molecular weight is 342 g/mol. The van der Waals surface area contributed by atoms with Crippen molar-refractivity contribution >= 4 is 11.6 Å². The first kappa shape index (κ1) is 18.5. The second-order valence-electron chi connectivity index (χ2n) is 5.27. The minimum absolute atomic E-state index is 0.339. The van der Waals surface area contributed by atoms with Gasteiger partial charge in [-0.05, 0) is 30.7 Å². The van der Waals surface area contributed by atoms with E-state index in [0.29, 0.717) is 17.2 Å². The highest BCUT2D eigenvalue weighted by molar-refractivity contribution is 6.00. The number of amides is 1. The van der Waals surface area contributed by atoms with E-state index in [1.165, 1.54) is 7.11 Å². The van der Waals surface area contributed by atoms with Crippen LogP contribution in [0.25, 0.3) is 0 Å². The number of benzene rings is 2. The Morgan fingerprint density at radius 2 is 1.68 bits per heavy atom. The maximum absolute atomic E-state index is 12.3. The molecule has 0 aliphatic heterocycles. The molecule has 1 N–H and O–H groups in total.